The van der Waals surface area contributed by atoms with Crippen molar-refractivity contribution in [1.29, 1.82) is 0 Å². The van der Waals surface area contributed by atoms with E-state index in [0.29, 0.717) is 23.5 Å². The predicted octanol–water partition coefficient (Wildman–Crippen LogP) is 2.60. The number of anilines is 1. The van der Waals surface area contributed by atoms with Crippen LogP contribution in [0.2, 0.25) is 0 Å². The molecule has 4 rings (SSSR count). The summed E-state index contributed by atoms with van der Waals surface area (Å²) in [7, 11) is 2.12. The molecule has 3 aliphatic rings. The Balaban J connectivity index is 1.66. The molecule has 1 aliphatic heterocycles. The smallest absolute Gasteiger partial charge is 0.258 e. The van der Waals surface area contributed by atoms with Crippen molar-refractivity contribution in [3.8, 4) is 5.75 Å². The summed E-state index contributed by atoms with van der Waals surface area (Å²) >= 11 is 0. The molecule has 7 nitrogen and oxygen atoms in total. The summed E-state index contributed by atoms with van der Waals surface area (Å²) in [5.41, 5.74) is 0.999. The molecule has 0 radical (unpaired) electrons. The predicted molar refractivity (Wildman–Crippen MR) is 119 cm³/mol. The molecule has 7 heteroatoms. The highest BCUT2D eigenvalue weighted by molar-refractivity contribution is 6.02. The minimum atomic E-state index is -0.296. The van der Waals surface area contributed by atoms with Gasteiger partial charge in [0.15, 0.2) is 5.75 Å². The van der Waals surface area contributed by atoms with Crippen LogP contribution in [0.1, 0.15) is 49.9 Å². The van der Waals surface area contributed by atoms with Crippen LogP contribution in [-0.4, -0.2) is 72.2 Å². The number of carbonyl (C=O) groups excluding carboxylic acids is 2. The molecular weight excluding hydrogens is 394 g/mol. The number of carbonyl (C=O) groups is 2. The lowest BCUT2D eigenvalue weighted by atomic mass is 9.99. The molecule has 1 aromatic carbocycles. The first-order valence-electron chi connectivity index (χ1n) is 11.6. The van der Waals surface area contributed by atoms with E-state index in [1.54, 1.807) is 17.0 Å². The van der Waals surface area contributed by atoms with Crippen LogP contribution in [-0.2, 0) is 4.79 Å². The van der Waals surface area contributed by atoms with Crippen LogP contribution in [0.4, 0.5) is 5.69 Å². The fraction of sp³-hybridized carbons (Fsp3) is 0.667. The van der Waals surface area contributed by atoms with E-state index in [-0.39, 0.29) is 42.4 Å². The average molecular weight is 430 g/mol. The molecule has 1 heterocycles. The minimum Gasteiger partial charge on any atom is -0.486 e. The third-order valence-electron chi connectivity index (χ3n) is 6.66. The summed E-state index contributed by atoms with van der Waals surface area (Å²) in [5.74, 6) is 1.18. The standard InChI is InChI=1S/C24H35N3O4/c1-15-11-27(16(2)14-28)24(30)19-5-4-6-20(25-23(29)18-9-10-18)22(19)31-21(15)13-26(3)12-17-7-8-17/h4-6,15-18,21,28H,7-14H2,1-3H3,(H,25,29)/t15-,16+,21+/m1/s1. The van der Waals surface area contributed by atoms with E-state index in [0.717, 1.165) is 31.8 Å². The first kappa shape index (κ1) is 22.1. The summed E-state index contributed by atoms with van der Waals surface area (Å²) in [6.45, 7) is 6.17. The first-order valence-corrected chi connectivity index (χ1v) is 11.6. The van der Waals surface area contributed by atoms with Crippen molar-refractivity contribution < 1.29 is 19.4 Å². The topological polar surface area (TPSA) is 82.1 Å². The third-order valence-corrected chi connectivity index (χ3v) is 6.66. The van der Waals surface area contributed by atoms with E-state index >= 15 is 0 Å². The highest BCUT2D eigenvalue weighted by atomic mass is 16.5. The van der Waals surface area contributed by atoms with Gasteiger partial charge in [-0.3, -0.25) is 9.59 Å². The second-order valence-corrected chi connectivity index (χ2v) is 9.73. The summed E-state index contributed by atoms with van der Waals surface area (Å²) < 4.78 is 6.52. The number of amides is 2. The SMILES string of the molecule is C[C@@H]1CN([C@@H](C)CO)C(=O)c2cccc(NC(=O)C3CC3)c2O[C@H]1CN(C)CC1CC1. The Labute approximate surface area is 184 Å². The van der Waals surface area contributed by atoms with Crippen molar-refractivity contribution in [2.24, 2.45) is 17.8 Å². The molecule has 3 atom stereocenters. The lowest BCUT2D eigenvalue weighted by Crippen LogP contribution is -2.50. The number of aliphatic hydroxyl groups is 1. The second kappa shape index (κ2) is 9.17. The number of hydrogen-bond acceptors (Lipinski definition) is 5. The number of nitrogens with zero attached hydrogens (tertiary/aromatic N) is 2. The Morgan fingerprint density at radius 1 is 1.29 bits per heavy atom. The molecule has 2 amide bonds. The fourth-order valence-corrected chi connectivity index (χ4v) is 4.26. The van der Waals surface area contributed by atoms with Gasteiger partial charge >= 0.3 is 0 Å². The van der Waals surface area contributed by atoms with E-state index in [1.165, 1.54) is 12.8 Å². The Hall–Kier alpha value is -2.12. The molecule has 0 saturated heterocycles. The number of ether oxygens (including phenoxy) is 1. The van der Waals surface area contributed by atoms with Crippen LogP contribution in [0.25, 0.3) is 0 Å². The van der Waals surface area contributed by atoms with Gasteiger partial charge in [-0.25, -0.2) is 0 Å². The van der Waals surface area contributed by atoms with Gasteiger partial charge in [-0.05, 0) is 57.7 Å². The normalized spacial score (nSPS) is 24.8. The number of para-hydroxylation sites is 1. The second-order valence-electron chi connectivity index (χ2n) is 9.73. The van der Waals surface area contributed by atoms with Crippen molar-refractivity contribution in [3.05, 3.63) is 23.8 Å². The first-order chi connectivity index (χ1) is 14.9. The van der Waals surface area contributed by atoms with E-state index in [1.807, 2.05) is 13.0 Å². The molecule has 0 spiro atoms. The van der Waals surface area contributed by atoms with Gasteiger partial charge in [0, 0.05) is 31.5 Å². The van der Waals surface area contributed by atoms with Gasteiger partial charge in [-0.1, -0.05) is 13.0 Å². The quantitative estimate of drug-likeness (QED) is 0.664. The van der Waals surface area contributed by atoms with Gasteiger partial charge in [0.25, 0.3) is 5.91 Å². The molecule has 1 aromatic rings. The number of nitrogens with one attached hydrogen (secondary N) is 1. The molecule has 2 aliphatic carbocycles. The van der Waals surface area contributed by atoms with E-state index in [2.05, 4.69) is 24.2 Å². The van der Waals surface area contributed by atoms with Crippen LogP contribution in [0.15, 0.2) is 18.2 Å². The van der Waals surface area contributed by atoms with Crippen molar-refractivity contribution >= 4 is 17.5 Å². The molecule has 0 unspecified atom stereocenters. The molecule has 2 N–H and O–H groups in total. The molecule has 2 saturated carbocycles. The van der Waals surface area contributed by atoms with Crippen LogP contribution in [0.5, 0.6) is 5.75 Å². The monoisotopic (exact) mass is 429 g/mol. The summed E-state index contributed by atoms with van der Waals surface area (Å²) in [6.07, 6.45) is 4.27. The number of aliphatic hydroxyl groups excluding tert-OH is 1. The van der Waals surface area contributed by atoms with Crippen molar-refractivity contribution in [1.82, 2.24) is 9.80 Å². The largest absolute Gasteiger partial charge is 0.486 e. The zero-order valence-corrected chi connectivity index (χ0v) is 18.8. The summed E-state index contributed by atoms with van der Waals surface area (Å²) in [4.78, 5) is 29.9. The maximum atomic E-state index is 13.4. The molecule has 2 fully saturated rings. The Morgan fingerprint density at radius 2 is 2.03 bits per heavy atom. The number of rotatable bonds is 8. The summed E-state index contributed by atoms with van der Waals surface area (Å²) in [5, 5.41) is 12.8. The van der Waals surface area contributed by atoms with Crippen LogP contribution in [0, 0.1) is 17.8 Å². The summed E-state index contributed by atoms with van der Waals surface area (Å²) in [6, 6.07) is 5.05. The van der Waals surface area contributed by atoms with E-state index < -0.39 is 0 Å². The van der Waals surface area contributed by atoms with Crippen LogP contribution < -0.4 is 10.1 Å². The molecule has 0 aromatic heterocycles. The highest BCUT2D eigenvalue weighted by Crippen LogP contribution is 2.37. The molecule has 31 heavy (non-hydrogen) atoms. The molecular formula is C24H35N3O4. The zero-order chi connectivity index (χ0) is 22.1. The molecule has 0 bridgehead atoms. The average Bonchev–Trinajstić information content (AvgIpc) is 3.64. The van der Waals surface area contributed by atoms with Gasteiger partial charge in [-0.2, -0.15) is 0 Å². The highest BCUT2D eigenvalue weighted by Gasteiger charge is 2.36. The van der Waals surface area contributed by atoms with Crippen molar-refractivity contribution in [2.75, 3.05) is 38.6 Å². The van der Waals surface area contributed by atoms with Crippen LogP contribution in [0.3, 0.4) is 0 Å². The lowest BCUT2D eigenvalue weighted by Gasteiger charge is -2.38. The number of fused-ring (bicyclic) bond motifs is 1. The maximum Gasteiger partial charge on any atom is 0.258 e. The van der Waals surface area contributed by atoms with Gasteiger partial charge < -0.3 is 25.0 Å². The maximum absolute atomic E-state index is 13.4. The number of likely N-dealkylation sites (N-methyl/N-ethyl adjacent to an activating group) is 1. The van der Waals surface area contributed by atoms with Crippen molar-refractivity contribution in [2.45, 2.75) is 51.7 Å². The Morgan fingerprint density at radius 3 is 2.68 bits per heavy atom. The van der Waals surface area contributed by atoms with Gasteiger partial charge in [0.05, 0.1) is 23.9 Å². The zero-order valence-electron chi connectivity index (χ0n) is 18.8. The van der Waals surface area contributed by atoms with Crippen molar-refractivity contribution in [3.63, 3.8) is 0 Å². The van der Waals surface area contributed by atoms with E-state index in [9.17, 15) is 14.7 Å². The number of hydrogen-bond donors (Lipinski definition) is 2. The number of benzene rings is 1. The van der Waals surface area contributed by atoms with Gasteiger partial charge in [0.2, 0.25) is 5.91 Å². The fourth-order valence-electron chi connectivity index (χ4n) is 4.26. The molecule has 170 valence electrons. The Kier molecular flexibility index (Phi) is 6.53. The van der Waals surface area contributed by atoms with Crippen LogP contribution >= 0.6 is 0 Å². The lowest BCUT2D eigenvalue weighted by molar-refractivity contribution is -0.117. The van der Waals surface area contributed by atoms with Gasteiger partial charge in [0.1, 0.15) is 6.10 Å². The van der Waals surface area contributed by atoms with E-state index in [4.69, 9.17) is 4.74 Å². The van der Waals surface area contributed by atoms with Gasteiger partial charge in [-0.15, -0.1) is 0 Å². The minimum absolute atomic E-state index is 0.0115. The third kappa shape index (κ3) is 5.21. The Bertz CT molecular complexity index is 821.